The van der Waals surface area contributed by atoms with Crippen LogP contribution in [0.1, 0.15) is 11.9 Å². The monoisotopic (exact) mass is 312 g/mol. The number of hydrogen-bond acceptors (Lipinski definition) is 4. The maximum absolute atomic E-state index is 12.6. The Kier molecular flexibility index (Phi) is 2.92. The Balaban J connectivity index is 1.91. The molecular formula is C17H12O4S. The van der Waals surface area contributed by atoms with Crippen molar-refractivity contribution in [1.29, 1.82) is 0 Å². The normalized spacial score (nSPS) is 19.4. The van der Waals surface area contributed by atoms with E-state index in [4.69, 9.17) is 8.92 Å². The Labute approximate surface area is 128 Å². The minimum absolute atomic E-state index is 0.0952. The quantitative estimate of drug-likeness (QED) is 0.644. The average Bonchev–Trinajstić information content (AvgIpc) is 2.54. The first-order valence-electron chi connectivity index (χ1n) is 6.82. The highest BCUT2D eigenvalue weighted by molar-refractivity contribution is 7.87. The molecule has 1 aliphatic heterocycles. The van der Waals surface area contributed by atoms with Crippen LogP contribution >= 0.6 is 0 Å². The van der Waals surface area contributed by atoms with Gasteiger partial charge in [0.05, 0.1) is 0 Å². The molecule has 1 atom stereocenters. The fourth-order valence-electron chi connectivity index (χ4n) is 2.61. The Morgan fingerprint density at radius 3 is 2.36 bits per heavy atom. The summed E-state index contributed by atoms with van der Waals surface area (Å²) in [5, 5.41) is 1.43. The van der Waals surface area contributed by atoms with Crippen LogP contribution in [-0.2, 0) is 14.3 Å². The van der Waals surface area contributed by atoms with E-state index in [0.29, 0.717) is 16.7 Å². The Hall–Kier alpha value is -2.37. The van der Waals surface area contributed by atoms with Crippen molar-refractivity contribution in [3.05, 3.63) is 72.3 Å². The van der Waals surface area contributed by atoms with Gasteiger partial charge in [-0.3, -0.25) is 0 Å². The summed E-state index contributed by atoms with van der Waals surface area (Å²) in [5.41, 5.74) is 0.657. The van der Waals surface area contributed by atoms with Crippen molar-refractivity contribution >= 4 is 20.9 Å². The summed E-state index contributed by atoms with van der Waals surface area (Å²) in [6.45, 7) is 0. The van der Waals surface area contributed by atoms with E-state index in [2.05, 4.69) is 0 Å². The second-order valence-corrected chi connectivity index (χ2v) is 6.53. The third-order valence-corrected chi connectivity index (χ3v) is 4.96. The zero-order valence-electron chi connectivity index (χ0n) is 11.5. The van der Waals surface area contributed by atoms with Gasteiger partial charge < -0.3 is 4.74 Å². The molecule has 0 bridgehead atoms. The molecule has 0 aromatic heterocycles. The van der Waals surface area contributed by atoms with Gasteiger partial charge in [0, 0.05) is 10.9 Å². The van der Waals surface area contributed by atoms with Gasteiger partial charge in [0.1, 0.15) is 10.6 Å². The third kappa shape index (κ3) is 2.06. The lowest BCUT2D eigenvalue weighted by Crippen LogP contribution is -2.23. The van der Waals surface area contributed by atoms with Gasteiger partial charge in [-0.1, -0.05) is 60.7 Å². The lowest BCUT2D eigenvalue weighted by atomic mass is 10.1. The molecule has 4 nitrogen and oxygen atoms in total. The summed E-state index contributed by atoms with van der Waals surface area (Å²) >= 11 is 0. The molecule has 0 N–H and O–H groups in total. The first kappa shape index (κ1) is 13.3. The smallest absolute Gasteiger partial charge is 0.304 e. The topological polar surface area (TPSA) is 52.6 Å². The molecule has 0 fully saturated rings. The van der Waals surface area contributed by atoms with E-state index in [1.165, 1.54) is 0 Å². The number of benzene rings is 3. The van der Waals surface area contributed by atoms with Gasteiger partial charge in [-0.05, 0) is 11.5 Å². The molecule has 0 saturated carbocycles. The molecule has 4 rings (SSSR count). The molecule has 1 heterocycles. The van der Waals surface area contributed by atoms with Crippen LogP contribution in [0, 0.1) is 0 Å². The lowest BCUT2D eigenvalue weighted by Gasteiger charge is -2.26. The minimum Gasteiger partial charge on any atom is -0.458 e. The Morgan fingerprint density at radius 2 is 1.55 bits per heavy atom. The van der Waals surface area contributed by atoms with E-state index in [9.17, 15) is 8.42 Å². The maximum atomic E-state index is 12.6. The third-order valence-electron chi connectivity index (χ3n) is 3.61. The summed E-state index contributed by atoms with van der Waals surface area (Å²) in [6, 6.07) is 19.8. The molecule has 22 heavy (non-hydrogen) atoms. The molecule has 0 radical (unpaired) electrons. The van der Waals surface area contributed by atoms with Crippen molar-refractivity contribution in [2.75, 3.05) is 0 Å². The van der Waals surface area contributed by atoms with Crippen molar-refractivity contribution in [1.82, 2.24) is 0 Å². The molecule has 3 aromatic rings. The highest BCUT2D eigenvalue weighted by atomic mass is 32.2. The largest absolute Gasteiger partial charge is 0.458 e. The van der Waals surface area contributed by atoms with Crippen molar-refractivity contribution in [3.8, 4) is 5.75 Å². The number of ether oxygens (including phenoxy) is 1. The average molecular weight is 312 g/mol. The lowest BCUT2D eigenvalue weighted by molar-refractivity contribution is -0.00334. The molecule has 110 valence electrons. The van der Waals surface area contributed by atoms with E-state index < -0.39 is 16.4 Å². The second kappa shape index (κ2) is 4.83. The van der Waals surface area contributed by atoms with Crippen LogP contribution in [0.15, 0.2) is 71.6 Å². The standard InChI is InChI=1S/C17H12O4S/c18-22(19)16-14-9-5-4-6-12(14)10-11-15(16)20-17(21-22)13-7-2-1-3-8-13/h1-11,17H. The Morgan fingerprint density at radius 1 is 0.818 bits per heavy atom. The van der Waals surface area contributed by atoms with Crippen molar-refractivity contribution in [3.63, 3.8) is 0 Å². The van der Waals surface area contributed by atoms with Crippen LogP contribution in [0.25, 0.3) is 10.8 Å². The van der Waals surface area contributed by atoms with E-state index in [1.807, 2.05) is 36.4 Å². The molecule has 5 heteroatoms. The first-order valence-corrected chi connectivity index (χ1v) is 8.23. The van der Waals surface area contributed by atoms with Gasteiger partial charge >= 0.3 is 10.1 Å². The molecule has 1 aliphatic rings. The zero-order valence-corrected chi connectivity index (χ0v) is 12.3. The maximum Gasteiger partial charge on any atom is 0.304 e. The van der Waals surface area contributed by atoms with Gasteiger partial charge in [0.25, 0.3) is 0 Å². The van der Waals surface area contributed by atoms with Gasteiger partial charge in [-0.25, -0.2) is 4.18 Å². The van der Waals surface area contributed by atoms with Crippen LogP contribution in [0.5, 0.6) is 5.75 Å². The number of fused-ring (bicyclic) bond motifs is 3. The van der Waals surface area contributed by atoms with E-state index in [0.717, 1.165) is 5.39 Å². The Bertz CT molecular complexity index is 949. The van der Waals surface area contributed by atoms with E-state index in [-0.39, 0.29) is 4.90 Å². The molecule has 0 spiro atoms. The van der Waals surface area contributed by atoms with Crippen molar-refractivity contribution in [2.45, 2.75) is 11.2 Å². The van der Waals surface area contributed by atoms with Crippen LogP contribution in [-0.4, -0.2) is 8.42 Å². The molecular weight excluding hydrogens is 300 g/mol. The summed E-state index contributed by atoms with van der Waals surface area (Å²) in [5.74, 6) is 0.318. The van der Waals surface area contributed by atoms with Gasteiger partial charge in [0.15, 0.2) is 0 Å². The van der Waals surface area contributed by atoms with Gasteiger partial charge in [-0.2, -0.15) is 8.42 Å². The van der Waals surface area contributed by atoms with Crippen LogP contribution < -0.4 is 4.74 Å². The van der Waals surface area contributed by atoms with Crippen molar-refractivity contribution < 1.29 is 17.3 Å². The molecule has 3 aromatic carbocycles. The second-order valence-electron chi connectivity index (χ2n) is 5.02. The van der Waals surface area contributed by atoms with Crippen molar-refractivity contribution in [2.24, 2.45) is 0 Å². The number of hydrogen-bond donors (Lipinski definition) is 0. The van der Waals surface area contributed by atoms with Crippen LogP contribution in [0.2, 0.25) is 0 Å². The van der Waals surface area contributed by atoms with Gasteiger partial charge in [-0.15, -0.1) is 0 Å². The predicted molar refractivity (Wildman–Crippen MR) is 82.0 cm³/mol. The van der Waals surface area contributed by atoms with Crippen LogP contribution in [0.3, 0.4) is 0 Å². The molecule has 0 saturated heterocycles. The molecule has 0 aliphatic carbocycles. The predicted octanol–water partition coefficient (Wildman–Crippen LogP) is 3.64. The van der Waals surface area contributed by atoms with E-state index in [1.54, 1.807) is 30.3 Å². The zero-order chi connectivity index (χ0) is 15.2. The minimum atomic E-state index is -3.89. The molecule has 1 unspecified atom stereocenters. The SMILES string of the molecule is O=S1(=O)OC(c2ccccc2)Oc2ccc3ccccc3c21. The summed E-state index contributed by atoms with van der Waals surface area (Å²) in [7, 11) is -3.89. The fraction of sp³-hybridized carbons (Fsp3) is 0.0588. The van der Waals surface area contributed by atoms with Crippen LogP contribution in [0.4, 0.5) is 0 Å². The summed E-state index contributed by atoms with van der Waals surface area (Å²) < 4.78 is 36.1. The summed E-state index contributed by atoms with van der Waals surface area (Å²) in [6.07, 6.45) is -0.958. The highest BCUT2D eigenvalue weighted by Crippen LogP contribution is 2.41. The fourth-order valence-corrected chi connectivity index (χ4v) is 3.90. The molecule has 0 amide bonds. The van der Waals surface area contributed by atoms with E-state index >= 15 is 0 Å². The first-order chi connectivity index (χ1) is 10.6. The number of rotatable bonds is 1. The summed E-state index contributed by atoms with van der Waals surface area (Å²) in [4.78, 5) is 0.0952. The highest BCUT2D eigenvalue weighted by Gasteiger charge is 2.35. The van der Waals surface area contributed by atoms with Gasteiger partial charge in [0.2, 0.25) is 6.29 Å².